The maximum absolute atomic E-state index is 14.8. The van der Waals surface area contributed by atoms with Crippen LogP contribution in [0.2, 0.25) is 0 Å². The number of fused-ring (bicyclic) bond motifs is 2. The maximum Gasteiger partial charge on any atom is 0.238 e. The molecule has 2 aromatic rings. The van der Waals surface area contributed by atoms with Gasteiger partial charge in [-0.05, 0) is 48.8 Å². The lowest BCUT2D eigenvalue weighted by molar-refractivity contribution is -0.124. The number of halogens is 1. The molecule has 0 spiro atoms. The molecule has 1 saturated carbocycles. The van der Waals surface area contributed by atoms with Crippen LogP contribution in [0, 0.1) is 29.0 Å². The molecule has 0 unspecified atom stereocenters. The summed E-state index contributed by atoms with van der Waals surface area (Å²) in [5.74, 6) is 0.278. The van der Waals surface area contributed by atoms with E-state index in [1.807, 2.05) is 16.9 Å². The van der Waals surface area contributed by atoms with Gasteiger partial charge in [0.15, 0.2) is 0 Å². The molecule has 3 aliphatic rings. The Morgan fingerprint density at radius 1 is 1.38 bits per heavy atom. The molecule has 8 heteroatoms. The first-order chi connectivity index (χ1) is 15.6. The molecule has 2 saturated heterocycles. The number of hydrogen-bond donors (Lipinski definition) is 2. The molecule has 5 atom stereocenters. The van der Waals surface area contributed by atoms with Crippen molar-refractivity contribution in [1.29, 1.82) is 5.26 Å². The van der Waals surface area contributed by atoms with Crippen molar-refractivity contribution in [3.8, 4) is 17.2 Å². The minimum atomic E-state index is -0.764. The Balaban J connectivity index is 1.21. The van der Waals surface area contributed by atoms with Gasteiger partial charge in [0, 0.05) is 43.3 Å². The highest BCUT2D eigenvalue weighted by Crippen LogP contribution is 2.35. The van der Waals surface area contributed by atoms with Crippen LogP contribution in [0.4, 0.5) is 4.39 Å². The lowest BCUT2D eigenvalue weighted by Gasteiger charge is -2.23. The van der Waals surface area contributed by atoms with Crippen LogP contribution in [0.1, 0.15) is 31.2 Å². The summed E-state index contributed by atoms with van der Waals surface area (Å²) in [7, 11) is 0. The van der Waals surface area contributed by atoms with Crippen LogP contribution >= 0.6 is 0 Å². The van der Waals surface area contributed by atoms with E-state index in [0.29, 0.717) is 23.4 Å². The molecule has 2 aliphatic heterocycles. The number of hydrogen-bond acceptors (Lipinski definition) is 5. The number of amides is 1. The van der Waals surface area contributed by atoms with Gasteiger partial charge in [0.2, 0.25) is 5.91 Å². The Morgan fingerprint density at radius 3 is 2.97 bits per heavy atom. The van der Waals surface area contributed by atoms with Gasteiger partial charge in [-0.3, -0.25) is 9.48 Å². The molecule has 2 N–H and O–H groups in total. The van der Waals surface area contributed by atoms with Crippen molar-refractivity contribution in [2.75, 3.05) is 13.2 Å². The third kappa shape index (κ3) is 4.41. The summed E-state index contributed by atoms with van der Waals surface area (Å²) in [6.45, 7) is 2.35. The van der Waals surface area contributed by atoms with Gasteiger partial charge in [-0.2, -0.15) is 10.4 Å². The van der Waals surface area contributed by atoms with Crippen molar-refractivity contribution in [3.63, 3.8) is 0 Å². The van der Waals surface area contributed by atoms with Crippen molar-refractivity contribution in [2.24, 2.45) is 11.8 Å². The summed E-state index contributed by atoms with van der Waals surface area (Å²) in [5.41, 5.74) is 2.00. The van der Waals surface area contributed by atoms with E-state index in [1.165, 1.54) is 6.07 Å². The normalized spacial score (nSPS) is 27.4. The Morgan fingerprint density at radius 2 is 2.28 bits per heavy atom. The summed E-state index contributed by atoms with van der Waals surface area (Å²) in [6, 6.07) is 6.54. The molecular formula is C24H28FN5O2. The number of nitrogens with zero attached hydrogens (tertiary/aromatic N) is 3. The first-order valence-electron chi connectivity index (χ1n) is 11.4. The van der Waals surface area contributed by atoms with Gasteiger partial charge in [0.1, 0.15) is 11.9 Å². The smallest absolute Gasteiger partial charge is 0.238 e. The molecule has 3 heterocycles. The number of rotatable bonds is 7. The maximum atomic E-state index is 14.8. The molecule has 2 bridgehead atoms. The van der Waals surface area contributed by atoms with Crippen LogP contribution < -0.4 is 10.6 Å². The number of nitrogens with one attached hydrogen (secondary N) is 2. The fourth-order valence-corrected chi connectivity index (χ4v) is 5.26. The van der Waals surface area contributed by atoms with E-state index in [4.69, 9.17) is 4.74 Å². The summed E-state index contributed by atoms with van der Waals surface area (Å²) in [4.78, 5) is 12.6. The Bertz CT molecular complexity index is 1030. The molecule has 1 aromatic carbocycles. The molecule has 7 nitrogen and oxygen atoms in total. The van der Waals surface area contributed by atoms with E-state index in [0.717, 1.165) is 56.6 Å². The van der Waals surface area contributed by atoms with E-state index >= 15 is 0 Å². The highest BCUT2D eigenvalue weighted by Gasteiger charge is 2.43. The minimum Gasteiger partial charge on any atom is -0.381 e. The quantitative estimate of drug-likeness (QED) is 0.694. The van der Waals surface area contributed by atoms with Crippen LogP contribution in [0.5, 0.6) is 0 Å². The van der Waals surface area contributed by atoms with Gasteiger partial charge in [0.05, 0.1) is 24.9 Å². The fourth-order valence-electron chi connectivity index (χ4n) is 5.26. The SMILES string of the molecule is N#C[C@H](Cc1ccc(-c2cnn(C[C@@H]3CCOC3)c2)cc1F)NC(=O)[C@H]1N[C@@H]2CC[C@H]1C2. The molecule has 1 aromatic heterocycles. The highest BCUT2D eigenvalue weighted by atomic mass is 19.1. The van der Waals surface area contributed by atoms with E-state index in [-0.39, 0.29) is 24.2 Å². The first kappa shape index (κ1) is 21.1. The Hall–Kier alpha value is -2.76. The lowest BCUT2D eigenvalue weighted by Crippen LogP contribution is -2.50. The average molecular weight is 438 g/mol. The molecule has 32 heavy (non-hydrogen) atoms. The molecule has 1 amide bonds. The summed E-state index contributed by atoms with van der Waals surface area (Å²) < 4.78 is 22.1. The molecule has 1 aliphatic carbocycles. The monoisotopic (exact) mass is 437 g/mol. The van der Waals surface area contributed by atoms with E-state index < -0.39 is 6.04 Å². The van der Waals surface area contributed by atoms with Crippen LogP contribution in [0.25, 0.3) is 11.1 Å². The van der Waals surface area contributed by atoms with Gasteiger partial charge < -0.3 is 15.4 Å². The number of carbonyl (C=O) groups is 1. The van der Waals surface area contributed by atoms with Crippen molar-refractivity contribution in [3.05, 3.63) is 42.0 Å². The van der Waals surface area contributed by atoms with Crippen molar-refractivity contribution >= 4 is 5.91 Å². The van der Waals surface area contributed by atoms with E-state index in [9.17, 15) is 14.4 Å². The summed E-state index contributed by atoms with van der Waals surface area (Å²) in [5, 5.41) is 20.1. The number of benzene rings is 1. The Kier molecular flexibility index (Phi) is 5.94. The zero-order valence-electron chi connectivity index (χ0n) is 18.0. The predicted octanol–water partition coefficient (Wildman–Crippen LogP) is 2.42. The Labute approximate surface area is 186 Å². The van der Waals surface area contributed by atoms with Gasteiger partial charge in [-0.25, -0.2) is 4.39 Å². The average Bonchev–Trinajstić information content (AvgIpc) is 3.60. The van der Waals surface area contributed by atoms with Crippen molar-refractivity contribution < 1.29 is 13.9 Å². The van der Waals surface area contributed by atoms with Gasteiger partial charge in [0.25, 0.3) is 0 Å². The van der Waals surface area contributed by atoms with Gasteiger partial charge >= 0.3 is 0 Å². The zero-order valence-corrected chi connectivity index (χ0v) is 18.0. The fraction of sp³-hybridized carbons (Fsp3) is 0.542. The second-order valence-electron chi connectivity index (χ2n) is 9.30. The molecule has 5 rings (SSSR count). The van der Waals surface area contributed by atoms with Crippen molar-refractivity contribution in [2.45, 2.75) is 56.8 Å². The summed E-state index contributed by atoms with van der Waals surface area (Å²) in [6.07, 6.45) is 8.02. The number of aromatic nitrogens is 2. The van der Waals surface area contributed by atoms with Crippen LogP contribution in [0.3, 0.4) is 0 Å². The molecule has 168 valence electrons. The summed E-state index contributed by atoms with van der Waals surface area (Å²) >= 11 is 0. The third-order valence-corrected chi connectivity index (χ3v) is 7.03. The van der Waals surface area contributed by atoms with E-state index in [2.05, 4.69) is 21.8 Å². The van der Waals surface area contributed by atoms with Crippen molar-refractivity contribution in [1.82, 2.24) is 20.4 Å². The topological polar surface area (TPSA) is 92.0 Å². The highest BCUT2D eigenvalue weighted by molar-refractivity contribution is 5.83. The number of nitriles is 1. The standard InChI is InChI=1S/C24H28FN5O2/c25-22-9-16(19-11-27-30(13-19)12-15-5-6-32-14-15)1-2-17(22)7-21(10-26)29-24(31)23-18-3-4-20(8-18)28-23/h1-2,9,11,13,15,18,20-21,23,28H,3-8,12,14H2,(H,29,31)/t15-,18-,20+,21-,23-/m0/s1. The minimum absolute atomic E-state index is 0.135. The van der Waals surface area contributed by atoms with Crippen LogP contribution in [-0.2, 0) is 22.5 Å². The lowest BCUT2D eigenvalue weighted by atomic mass is 9.98. The molecule has 3 fully saturated rings. The van der Waals surface area contributed by atoms with Gasteiger partial charge in [-0.15, -0.1) is 0 Å². The van der Waals surface area contributed by atoms with E-state index in [1.54, 1.807) is 12.3 Å². The zero-order chi connectivity index (χ0) is 22.1. The first-order valence-corrected chi connectivity index (χ1v) is 11.4. The molecule has 0 radical (unpaired) electrons. The number of piperidine rings is 1. The number of carbonyl (C=O) groups excluding carboxylic acids is 1. The van der Waals surface area contributed by atoms with Crippen LogP contribution in [0.15, 0.2) is 30.6 Å². The molecular weight excluding hydrogens is 409 g/mol. The number of ether oxygens (including phenoxy) is 1. The predicted molar refractivity (Wildman–Crippen MR) is 116 cm³/mol. The second kappa shape index (κ2) is 9.00. The third-order valence-electron chi connectivity index (χ3n) is 7.03. The van der Waals surface area contributed by atoms with Crippen LogP contribution in [-0.4, -0.2) is 47.0 Å². The largest absolute Gasteiger partial charge is 0.381 e. The second-order valence-corrected chi connectivity index (χ2v) is 9.30. The van der Waals surface area contributed by atoms with Gasteiger partial charge in [-0.1, -0.05) is 12.1 Å².